The minimum absolute atomic E-state index is 0.0260. The van der Waals surface area contributed by atoms with Gasteiger partial charge in [-0.15, -0.1) is 0 Å². The SMILES string of the molecule is CN(C)CC1CCN(C(=O)NCCC(O)C(=O)O)CC1. The average molecular weight is 287 g/mol. The maximum Gasteiger partial charge on any atom is 0.332 e. The molecule has 1 saturated heterocycles. The number of nitrogens with one attached hydrogen (secondary N) is 1. The van der Waals surface area contributed by atoms with Gasteiger partial charge in [0.1, 0.15) is 0 Å². The van der Waals surface area contributed by atoms with E-state index in [4.69, 9.17) is 10.2 Å². The van der Waals surface area contributed by atoms with E-state index in [9.17, 15) is 9.59 Å². The van der Waals surface area contributed by atoms with Gasteiger partial charge in [0.05, 0.1) is 0 Å². The molecule has 7 nitrogen and oxygen atoms in total. The van der Waals surface area contributed by atoms with E-state index in [1.54, 1.807) is 4.90 Å². The summed E-state index contributed by atoms with van der Waals surface area (Å²) in [6.07, 6.45) is 0.589. The highest BCUT2D eigenvalue weighted by molar-refractivity contribution is 5.74. The molecule has 0 saturated carbocycles. The first-order valence-corrected chi connectivity index (χ1v) is 6.98. The fourth-order valence-electron chi connectivity index (χ4n) is 2.39. The molecule has 116 valence electrons. The number of carbonyl (C=O) groups is 2. The second-order valence-electron chi connectivity index (χ2n) is 5.57. The summed E-state index contributed by atoms with van der Waals surface area (Å²) in [7, 11) is 4.10. The summed E-state index contributed by atoms with van der Waals surface area (Å²) in [6.45, 7) is 2.67. The first-order valence-electron chi connectivity index (χ1n) is 6.98. The molecule has 0 aliphatic carbocycles. The van der Waals surface area contributed by atoms with Crippen LogP contribution >= 0.6 is 0 Å². The molecule has 1 unspecified atom stereocenters. The largest absolute Gasteiger partial charge is 0.479 e. The highest BCUT2D eigenvalue weighted by Crippen LogP contribution is 2.17. The third kappa shape index (κ3) is 5.75. The van der Waals surface area contributed by atoms with Crippen LogP contribution in [0, 0.1) is 5.92 Å². The molecule has 7 heteroatoms. The molecule has 0 radical (unpaired) electrons. The summed E-state index contributed by atoms with van der Waals surface area (Å²) in [5, 5.41) is 20.3. The Labute approximate surface area is 119 Å². The fourth-order valence-corrected chi connectivity index (χ4v) is 2.39. The highest BCUT2D eigenvalue weighted by Gasteiger charge is 2.23. The summed E-state index contributed by atoms with van der Waals surface area (Å²) in [4.78, 5) is 26.2. The lowest BCUT2D eigenvalue weighted by Gasteiger charge is -2.33. The molecule has 1 fully saturated rings. The summed E-state index contributed by atoms with van der Waals surface area (Å²) in [5.41, 5.74) is 0. The van der Waals surface area contributed by atoms with Crippen molar-refractivity contribution < 1.29 is 19.8 Å². The molecule has 0 aromatic rings. The van der Waals surface area contributed by atoms with Crippen molar-refractivity contribution in [1.29, 1.82) is 0 Å². The monoisotopic (exact) mass is 287 g/mol. The molecule has 1 aliphatic heterocycles. The van der Waals surface area contributed by atoms with Crippen LogP contribution in [0.1, 0.15) is 19.3 Å². The maximum absolute atomic E-state index is 11.9. The van der Waals surface area contributed by atoms with Gasteiger partial charge in [0.25, 0.3) is 0 Å². The van der Waals surface area contributed by atoms with Crippen LogP contribution in [-0.2, 0) is 4.79 Å². The van der Waals surface area contributed by atoms with E-state index in [-0.39, 0.29) is 19.0 Å². The van der Waals surface area contributed by atoms with Crippen LogP contribution in [0.15, 0.2) is 0 Å². The van der Waals surface area contributed by atoms with Gasteiger partial charge >= 0.3 is 12.0 Å². The number of likely N-dealkylation sites (tertiary alicyclic amines) is 1. The minimum Gasteiger partial charge on any atom is -0.479 e. The van der Waals surface area contributed by atoms with Crippen LogP contribution < -0.4 is 5.32 Å². The summed E-state index contributed by atoms with van der Waals surface area (Å²) >= 11 is 0. The maximum atomic E-state index is 11.9. The van der Waals surface area contributed by atoms with Gasteiger partial charge in [0.15, 0.2) is 6.10 Å². The van der Waals surface area contributed by atoms with E-state index in [0.29, 0.717) is 5.92 Å². The zero-order chi connectivity index (χ0) is 15.1. The van der Waals surface area contributed by atoms with Crippen molar-refractivity contribution in [1.82, 2.24) is 15.1 Å². The Morgan fingerprint density at radius 2 is 1.95 bits per heavy atom. The lowest BCUT2D eigenvalue weighted by Crippen LogP contribution is -2.46. The number of urea groups is 1. The Morgan fingerprint density at radius 1 is 1.35 bits per heavy atom. The molecule has 1 aliphatic rings. The van der Waals surface area contributed by atoms with E-state index in [1.807, 2.05) is 14.1 Å². The summed E-state index contributed by atoms with van der Waals surface area (Å²) < 4.78 is 0. The number of hydrogen-bond acceptors (Lipinski definition) is 4. The van der Waals surface area contributed by atoms with Crippen molar-refractivity contribution in [3.8, 4) is 0 Å². The Kier molecular flexibility index (Phi) is 6.74. The first-order chi connectivity index (χ1) is 9.40. The number of nitrogens with zero attached hydrogens (tertiary/aromatic N) is 2. The van der Waals surface area contributed by atoms with Crippen LogP contribution in [0.3, 0.4) is 0 Å². The highest BCUT2D eigenvalue weighted by atomic mass is 16.4. The van der Waals surface area contributed by atoms with Crippen molar-refractivity contribution in [2.75, 3.05) is 40.3 Å². The third-order valence-electron chi connectivity index (χ3n) is 3.50. The second-order valence-corrected chi connectivity index (χ2v) is 5.57. The van der Waals surface area contributed by atoms with Gasteiger partial charge in [-0.1, -0.05) is 0 Å². The van der Waals surface area contributed by atoms with Gasteiger partial charge in [-0.3, -0.25) is 0 Å². The molecule has 0 bridgehead atoms. The predicted octanol–water partition coefficient (Wildman–Crippen LogP) is -0.195. The number of aliphatic hydroxyl groups is 1. The molecule has 2 amide bonds. The van der Waals surface area contributed by atoms with Crippen molar-refractivity contribution in [2.24, 2.45) is 5.92 Å². The number of amides is 2. The standard InChI is InChI=1S/C13H25N3O4/c1-15(2)9-10-4-7-16(8-5-10)13(20)14-6-3-11(17)12(18)19/h10-11,17H,3-9H2,1-2H3,(H,14,20)(H,18,19). The number of carboxylic acid groups (broad SMARTS) is 1. The smallest absolute Gasteiger partial charge is 0.332 e. The van der Waals surface area contributed by atoms with Crippen LogP contribution in [0.4, 0.5) is 4.79 Å². The predicted molar refractivity (Wildman–Crippen MR) is 74.5 cm³/mol. The fraction of sp³-hybridized carbons (Fsp3) is 0.846. The number of aliphatic hydroxyl groups excluding tert-OH is 1. The molecule has 3 N–H and O–H groups in total. The van der Waals surface area contributed by atoms with E-state index in [1.165, 1.54) is 0 Å². The zero-order valence-electron chi connectivity index (χ0n) is 12.2. The first kappa shape index (κ1) is 16.7. The van der Waals surface area contributed by atoms with E-state index in [0.717, 1.165) is 32.5 Å². The molecule has 1 heterocycles. The molecule has 1 atom stereocenters. The molecule has 0 aromatic carbocycles. The average Bonchev–Trinajstić information content (AvgIpc) is 2.38. The third-order valence-corrected chi connectivity index (χ3v) is 3.50. The topological polar surface area (TPSA) is 93.1 Å². The summed E-state index contributed by atoms with van der Waals surface area (Å²) in [6, 6.07) is -0.175. The molecule has 0 aromatic heterocycles. The molecule has 1 rings (SSSR count). The van der Waals surface area contributed by atoms with Crippen molar-refractivity contribution in [2.45, 2.75) is 25.4 Å². The van der Waals surface area contributed by atoms with Gasteiger partial charge in [-0.05, 0) is 32.9 Å². The Hall–Kier alpha value is -1.34. The van der Waals surface area contributed by atoms with E-state index >= 15 is 0 Å². The van der Waals surface area contributed by atoms with Crippen molar-refractivity contribution in [3.05, 3.63) is 0 Å². The number of carboxylic acids is 1. The number of piperidine rings is 1. The van der Waals surface area contributed by atoms with Crippen LogP contribution in [0.5, 0.6) is 0 Å². The van der Waals surface area contributed by atoms with Gasteiger partial charge < -0.3 is 25.3 Å². The lowest BCUT2D eigenvalue weighted by atomic mass is 9.97. The van der Waals surface area contributed by atoms with Crippen LogP contribution in [0.2, 0.25) is 0 Å². The van der Waals surface area contributed by atoms with E-state index < -0.39 is 12.1 Å². The zero-order valence-corrected chi connectivity index (χ0v) is 12.2. The van der Waals surface area contributed by atoms with Gasteiger partial charge in [0.2, 0.25) is 0 Å². The van der Waals surface area contributed by atoms with Crippen LogP contribution in [-0.4, -0.2) is 78.4 Å². The number of aliphatic carboxylic acids is 1. The lowest BCUT2D eigenvalue weighted by molar-refractivity contribution is -0.146. The van der Waals surface area contributed by atoms with Crippen molar-refractivity contribution in [3.63, 3.8) is 0 Å². The van der Waals surface area contributed by atoms with Gasteiger partial charge in [-0.2, -0.15) is 0 Å². The number of hydrogen-bond donors (Lipinski definition) is 3. The summed E-state index contributed by atoms with van der Waals surface area (Å²) in [5.74, 6) is -0.633. The van der Waals surface area contributed by atoms with Gasteiger partial charge in [-0.25, -0.2) is 9.59 Å². The molecular weight excluding hydrogens is 262 g/mol. The Balaban J connectivity index is 2.21. The molecular formula is C13H25N3O4. The second kappa shape index (κ2) is 8.06. The van der Waals surface area contributed by atoms with Gasteiger partial charge in [0, 0.05) is 32.6 Å². The van der Waals surface area contributed by atoms with Crippen molar-refractivity contribution >= 4 is 12.0 Å². The normalized spacial score (nSPS) is 18.1. The Morgan fingerprint density at radius 3 is 2.45 bits per heavy atom. The minimum atomic E-state index is -1.42. The number of carbonyl (C=O) groups excluding carboxylic acids is 1. The van der Waals surface area contributed by atoms with Crippen LogP contribution in [0.25, 0.3) is 0 Å². The number of rotatable bonds is 6. The molecule has 20 heavy (non-hydrogen) atoms. The van der Waals surface area contributed by atoms with E-state index in [2.05, 4.69) is 10.2 Å². The quantitative estimate of drug-likeness (QED) is 0.629. The Bertz CT molecular complexity index is 328. The molecule has 0 spiro atoms.